The van der Waals surface area contributed by atoms with E-state index in [0.29, 0.717) is 41.7 Å². The fourth-order valence-corrected chi connectivity index (χ4v) is 3.41. The van der Waals surface area contributed by atoms with Gasteiger partial charge in [0.15, 0.2) is 11.5 Å². The number of methoxy groups -OCH3 is 2. The van der Waals surface area contributed by atoms with Crippen LogP contribution in [0.3, 0.4) is 0 Å². The van der Waals surface area contributed by atoms with Gasteiger partial charge in [-0.25, -0.2) is 4.79 Å². The minimum atomic E-state index is -0.701. The van der Waals surface area contributed by atoms with Crippen LogP contribution >= 0.6 is 11.6 Å². The number of hydrogen-bond acceptors (Lipinski definition) is 4. The normalized spacial score (nSPS) is 13.9. The van der Waals surface area contributed by atoms with E-state index in [9.17, 15) is 9.59 Å². The highest BCUT2D eigenvalue weighted by molar-refractivity contribution is 6.30. The van der Waals surface area contributed by atoms with Gasteiger partial charge in [-0.2, -0.15) is 0 Å². The van der Waals surface area contributed by atoms with Crippen molar-refractivity contribution in [3.05, 3.63) is 52.5 Å². The number of anilines is 1. The van der Waals surface area contributed by atoms with Crippen LogP contribution < -0.4 is 20.1 Å². The molecule has 0 saturated carbocycles. The molecule has 0 radical (unpaired) electrons. The third-order valence-electron chi connectivity index (χ3n) is 4.83. The zero-order valence-corrected chi connectivity index (χ0v) is 17.4. The fraction of sp³-hybridized carbons (Fsp3) is 0.333. The Labute approximate surface area is 174 Å². The SMILES string of the molecule is COc1cc2c(cc1OC)CN(C(=O)N[C@@H](C)C(=O)Nc1cccc(Cl)c1)CC2. The Balaban J connectivity index is 1.62. The van der Waals surface area contributed by atoms with E-state index in [-0.39, 0.29) is 11.9 Å². The van der Waals surface area contributed by atoms with Gasteiger partial charge in [0.1, 0.15) is 6.04 Å². The Morgan fingerprint density at radius 3 is 2.45 bits per heavy atom. The second kappa shape index (κ2) is 9.05. The topological polar surface area (TPSA) is 79.9 Å². The standard InChI is InChI=1S/C21H24ClN3O4/c1-13(20(26)24-17-6-4-5-16(22)11-17)23-21(27)25-8-7-14-9-18(28-2)19(29-3)10-15(14)12-25/h4-6,9-11,13H,7-8,12H2,1-3H3,(H,23,27)(H,24,26)/t13-/m0/s1. The van der Waals surface area contributed by atoms with E-state index < -0.39 is 6.04 Å². The summed E-state index contributed by atoms with van der Waals surface area (Å²) in [5.41, 5.74) is 2.70. The number of amides is 3. The number of hydrogen-bond donors (Lipinski definition) is 2. The van der Waals surface area contributed by atoms with Crippen molar-refractivity contribution in [1.82, 2.24) is 10.2 Å². The Morgan fingerprint density at radius 2 is 1.79 bits per heavy atom. The van der Waals surface area contributed by atoms with E-state index in [1.54, 1.807) is 50.3 Å². The Hall–Kier alpha value is -2.93. The van der Waals surface area contributed by atoms with Crippen LogP contribution in [0.2, 0.25) is 5.02 Å². The molecule has 7 nitrogen and oxygen atoms in total. The van der Waals surface area contributed by atoms with E-state index in [1.165, 1.54) is 0 Å². The van der Waals surface area contributed by atoms with Crippen LogP contribution in [0, 0.1) is 0 Å². The van der Waals surface area contributed by atoms with Crippen LogP contribution in [-0.4, -0.2) is 43.6 Å². The van der Waals surface area contributed by atoms with Gasteiger partial charge in [0, 0.05) is 23.8 Å². The first-order chi connectivity index (χ1) is 13.9. The molecule has 1 aliphatic heterocycles. The quantitative estimate of drug-likeness (QED) is 0.780. The van der Waals surface area contributed by atoms with Crippen molar-refractivity contribution in [3.63, 3.8) is 0 Å². The lowest BCUT2D eigenvalue weighted by molar-refractivity contribution is -0.117. The molecule has 0 unspecified atom stereocenters. The molecule has 0 bridgehead atoms. The predicted molar refractivity (Wildman–Crippen MR) is 112 cm³/mol. The van der Waals surface area contributed by atoms with Gasteiger partial charge in [0.05, 0.1) is 14.2 Å². The Bertz CT molecular complexity index is 919. The van der Waals surface area contributed by atoms with Gasteiger partial charge < -0.3 is 25.0 Å². The molecular formula is C21H24ClN3O4. The first-order valence-electron chi connectivity index (χ1n) is 9.27. The monoisotopic (exact) mass is 417 g/mol. The maximum absolute atomic E-state index is 12.7. The van der Waals surface area contributed by atoms with Gasteiger partial charge in [0.2, 0.25) is 5.91 Å². The number of carbonyl (C=O) groups excluding carboxylic acids is 2. The lowest BCUT2D eigenvalue weighted by Gasteiger charge is -2.30. The minimum absolute atomic E-state index is 0.292. The Kier molecular flexibility index (Phi) is 6.49. The average molecular weight is 418 g/mol. The highest BCUT2D eigenvalue weighted by atomic mass is 35.5. The van der Waals surface area contributed by atoms with Crippen molar-refractivity contribution < 1.29 is 19.1 Å². The third-order valence-corrected chi connectivity index (χ3v) is 5.07. The molecule has 1 heterocycles. The van der Waals surface area contributed by atoms with Crippen molar-refractivity contribution in [1.29, 1.82) is 0 Å². The molecule has 29 heavy (non-hydrogen) atoms. The molecule has 8 heteroatoms. The summed E-state index contributed by atoms with van der Waals surface area (Å²) >= 11 is 5.93. The second-order valence-electron chi connectivity index (χ2n) is 6.82. The number of carbonyl (C=O) groups is 2. The molecule has 3 amide bonds. The fourth-order valence-electron chi connectivity index (χ4n) is 3.22. The highest BCUT2D eigenvalue weighted by Gasteiger charge is 2.25. The average Bonchev–Trinajstić information content (AvgIpc) is 2.72. The maximum Gasteiger partial charge on any atom is 0.318 e. The molecule has 2 aromatic rings. The lowest BCUT2D eigenvalue weighted by Crippen LogP contribution is -2.49. The summed E-state index contributed by atoms with van der Waals surface area (Å²) in [7, 11) is 3.18. The molecule has 0 fully saturated rings. The molecule has 154 valence electrons. The van der Waals surface area contributed by atoms with Crippen LogP contribution in [0.5, 0.6) is 11.5 Å². The second-order valence-corrected chi connectivity index (χ2v) is 7.25. The van der Waals surface area contributed by atoms with Crippen LogP contribution in [-0.2, 0) is 17.8 Å². The van der Waals surface area contributed by atoms with Gasteiger partial charge in [-0.15, -0.1) is 0 Å². The summed E-state index contributed by atoms with van der Waals surface area (Å²) in [6, 6.07) is 9.70. The number of rotatable bonds is 5. The number of ether oxygens (including phenoxy) is 2. The van der Waals surface area contributed by atoms with Crippen LogP contribution in [0.4, 0.5) is 10.5 Å². The molecular weight excluding hydrogens is 394 g/mol. The van der Waals surface area contributed by atoms with Crippen LogP contribution in [0.15, 0.2) is 36.4 Å². The molecule has 3 rings (SSSR count). The van der Waals surface area contributed by atoms with Crippen LogP contribution in [0.25, 0.3) is 0 Å². The number of halogens is 1. The summed E-state index contributed by atoms with van der Waals surface area (Å²) in [6.45, 7) is 2.63. The molecule has 2 aromatic carbocycles. The summed E-state index contributed by atoms with van der Waals surface area (Å²) < 4.78 is 10.7. The molecule has 0 spiro atoms. The molecule has 0 aliphatic carbocycles. The third kappa shape index (κ3) is 4.92. The number of nitrogens with zero attached hydrogens (tertiary/aromatic N) is 1. The zero-order valence-electron chi connectivity index (χ0n) is 16.6. The number of urea groups is 1. The van der Waals surface area contributed by atoms with Gasteiger partial charge in [0.25, 0.3) is 0 Å². The van der Waals surface area contributed by atoms with Crippen molar-refractivity contribution >= 4 is 29.2 Å². The number of benzene rings is 2. The minimum Gasteiger partial charge on any atom is -0.493 e. The molecule has 2 N–H and O–H groups in total. The summed E-state index contributed by atoms with van der Waals surface area (Å²) in [6.07, 6.45) is 0.701. The maximum atomic E-state index is 12.7. The smallest absolute Gasteiger partial charge is 0.318 e. The molecule has 0 saturated heterocycles. The largest absolute Gasteiger partial charge is 0.493 e. The lowest BCUT2D eigenvalue weighted by atomic mass is 9.99. The molecule has 0 aromatic heterocycles. The first kappa shape index (κ1) is 20.8. The predicted octanol–water partition coefficient (Wildman–Crippen LogP) is 3.45. The van der Waals surface area contributed by atoms with E-state index in [4.69, 9.17) is 21.1 Å². The van der Waals surface area contributed by atoms with Crippen LogP contribution in [0.1, 0.15) is 18.1 Å². The van der Waals surface area contributed by atoms with Crippen molar-refractivity contribution in [2.45, 2.75) is 25.9 Å². The summed E-state index contributed by atoms with van der Waals surface area (Å²) in [5, 5.41) is 6.03. The summed E-state index contributed by atoms with van der Waals surface area (Å²) in [5.74, 6) is 0.989. The Morgan fingerprint density at radius 1 is 1.10 bits per heavy atom. The van der Waals surface area contributed by atoms with Gasteiger partial charge in [-0.1, -0.05) is 17.7 Å². The highest BCUT2D eigenvalue weighted by Crippen LogP contribution is 2.33. The number of fused-ring (bicyclic) bond motifs is 1. The number of nitrogens with one attached hydrogen (secondary N) is 2. The first-order valence-corrected chi connectivity index (χ1v) is 9.64. The summed E-state index contributed by atoms with van der Waals surface area (Å²) in [4.78, 5) is 26.7. The van der Waals surface area contributed by atoms with Crippen molar-refractivity contribution in [2.75, 3.05) is 26.1 Å². The molecule has 1 aliphatic rings. The van der Waals surface area contributed by atoms with E-state index >= 15 is 0 Å². The molecule has 1 atom stereocenters. The van der Waals surface area contributed by atoms with Gasteiger partial charge in [-0.05, 0) is 54.8 Å². The van der Waals surface area contributed by atoms with Gasteiger partial charge >= 0.3 is 6.03 Å². The van der Waals surface area contributed by atoms with E-state index in [1.807, 2.05) is 12.1 Å². The van der Waals surface area contributed by atoms with Crippen molar-refractivity contribution in [3.8, 4) is 11.5 Å². The van der Waals surface area contributed by atoms with E-state index in [2.05, 4.69) is 10.6 Å². The van der Waals surface area contributed by atoms with Gasteiger partial charge in [-0.3, -0.25) is 4.79 Å². The zero-order chi connectivity index (χ0) is 21.0. The van der Waals surface area contributed by atoms with Crippen molar-refractivity contribution in [2.24, 2.45) is 0 Å². The van der Waals surface area contributed by atoms with E-state index in [0.717, 1.165) is 11.1 Å².